The molecule has 0 bridgehead atoms. The van der Waals surface area contributed by atoms with Crippen molar-refractivity contribution >= 4 is 15.9 Å². The van der Waals surface area contributed by atoms with Gasteiger partial charge in [-0.05, 0) is 11.6 Å². The minimum Gasteiger partial charge on any atom is -0.398 e. The fourth-order valence-corrected chi connectivity index (χ4v) is 1.43. The Morgan fingerprint density at radius 3 is 2.57 bits per heavy atom. The number of nitrogens with one attached hydrogen (secondary N) is 2. The van der Waals surface area contributed by atoms with Gasteiger partial charge in [0.05, 0.1) is 0 Å². The zero-order valence-electron chi connectivity index (χ0n) is 7.82. The Morgan fingerprint density at radius 1 is 1.36 bits per heavy atom. The van der Waals surface area contributed by atoms with Crippen LogP contribution in [0.15, 0.2) is 24.3 Å². The van der Waals surface area contributed by atoms with Crippen LogP contribution in [0.4, 0.5) is 5.69 Å². The fourth-order valence-electron chi connectivity index (χ4n) is 0.940. The number of anilines is 1. The van der Waals surface area contributed by atoms with E-state index in [1.165, 1.54) is 7.05 Å². The highest BCUT2D eigenvalue weighted by Crippen LogP contribution is 2.09. The summed E-state index contributed by atoms with van der Waals surface area (Å²) in [5.41, 5.74) is 6.97. The van der Waals surface area contributed by atoms with Crippen LogP contribution in [0, 0.1) is 0 Å². The number of hydrogen-bond acceptors (Lipinski definition) is 3. The van der Waals surface area contributed by atoms with Crippen molar-refractivity contribution in [3.8, 4) is 0 Å². The summed E-state index contributed by atoms with van der Waals surface area (Å²) in [6.45, 7) is 0.190. The molecule has 1 rings (SSSR count). The van der Waals surface area contributed by atoms with Crippen LogP contribution in [0.2, 0.25) is 0 Å². The number of para-hydroxylation sites is 1. The van der Waals surface area contributed by atoms with Gasteiger partial charge in [0, 0.05) is 19.3 Å². The molecule has 0 aliphatic heterocycles. The molecule has 0 aliphatic rings. The molecule has 78 valence electrons. The van der Waals surface area contributed by atoms with E-state index in [1.807, 2.05) is 0 Å². The molecule has 0 heterocycles. The lowest BCUT2D eigenvalue weighted by Crippen LogP contribution is -2.33. The van der Waals surface area contributed by atoms with Gasteiger partial charge in [-0.25, -0.2) is 4.72 Å². The molecule has 1 aromatic rings. The molecule has 5 nitrogen and oxygen atoms in total. The average molecular weight is 215 g/mol. The predicted octanol–water partition coefficient (Wildman–Crippen LogP) is -0.177. The molecule has 14 heavy (non-hydrogen) atoms. The maximum absolute atomic E-state index is 11.0. The molecular weight excluding hydrogens is 202 g/mol. The average Bonchev–Trinajstić information content (AvgIpc) is 2.17. The summed E-state index contributed by atoms with van der Waals surface area (Å²) < 4.78 is 26.5. The number of nitrogen functional groups attached to an aromatic ring is 1. The lowest BCUT2D eigenvalue weighted by molar-refractivity contribution is 0.573. The summed E-state index contributed by atoms with van der Waals surface area (Å²) in [6.07, 6.45) is 0. The SMILES string of the molecule is CNS(=O)(=O)NCc1ccccc1N. The maximum Gasteiger partial charge on any atom is 0.276 e. The molecule has 0 aliphatic carbocycles. The van der Waals surface area contributed by atoms with Gasteiger partial charge in [-0.15, -0.1) is 0 Å². The zero-order valence-corrected chi connectivity index (χ0v) is 8.64. The highest BCUT2D eigenvalue weighted by molar-refractivity contribution is 7.87. The van der Waals surface area contributed by atoms with E-state index < -0.39 is 10.2 Å². The van der Waals surface area contributed by atoms with Gasteiger partial charge < -0.3 is 5.73 Å². The van der Waals surface area contributed by atoms with Gasteiger partial charge in [0.15, 0.2) is 0 Å². The first kappa shape index (κ1) is 11.0. The highest BCUT2D eigenvalue weighted by atomic mass is 32.2. The van der Waals surface area contributed by atoms with Crippen LogP contribution in [-0.2, 0) is 16.8 Å². The summed E-state index contributed by atoms with van der Waals surface area (Å²) in [5, 5.41) is 0. The molecule has 0 radical (unpaired) electrons. The molecule has 0 spiro atoms. The van der Waals surface area contributed by atoms with Crippen LogP contribution in [0.25, 0.3) is 0 Å². The monoisotopic (exact) mass is 215 g/mol. The van der Waals surface area contributed by atoms with E-state index in [9.17, 15) is 8.42 Å². The number of hydrogen-bond donors (Lipinski definition) is 3. The van der Waals surface area contributed by atoms with Gasteiger partial charge in [-0.3, -0.25) is 0 Å². The number of benzene rings is 1. The number of rotatable bonds is 4. The smallest absolute Gasteiger partial charge is 0.276 e. The normalized spacial score (nSPS) is 11.5. The second-order valence-electron chi connectivity index (χ2n) is 2.73. The Kier molecular flexibility index (Phi) is 3.45. The van der Waals surface area contributed by atoms with Gasteiger partial charge in [0.1, 0.15) is 0 Å². The van der Waals surface area contributed by atoms with Gasteiger partial charge in [0.2, 0.25) is 0 Å². The highest BCUT2D eigenvalue weighted by Gasteiger charge is 2.06. The molecule has 0 unspecified atom stereocenters. The Hall–Kier alpha value is -1.11. The minimum absolute atomic E-state index is 0.190. The molecular formula is C8H13N3O2S. The van der Waals surface area contributed by atoms with E-state index >= 15 is 0 Å². The van der Waals surface area contributed by atoms with E-state index in [-0.39, 0.29) is 6.54 Å². The lowest BCUT2D eigenvalue weighted by atomic mass is 10.2. The molecule has 0 atom stereocenters. The predicted molar refractivity (Wildman–Crippen MR) is 55.7 cm³/mol. The van der Waals surface area contributed by atoms with E-state index in [1.54, 1.807) is 24.3 Å². The molecule has 0 aromatic heterocycles. The van der Waals surface area contributed by atoms with Crippen LogP contribution < -0.4 is 15.2 Å². The van der Waals surface area contributed by atoms with E-state index in [0.717, 1.165) is 5.56 Å². The lowest BCUT2D eigenvalue weighted by Gasteiger charge is -2.06. The maximum atomic E-state index is 11.0. The first-order valence-electron chi connectivity index (χ1n) is 4.06. The summed E-state index contributed by atoms with van der Waals surface area (Å²) >= 11 is 0. The van der Waals surface area contributed by atoms with E-state index in [2.05, 4.69) is 9.44 Å². The van der Waals surface area contributed by atoms with Crippen molar-refractivity contribution in [2.75, 3.05) is 12.8 Å². The van der Waals surface area contributed by atoms with Crippen molar-refractivity contribution < 1.29 is 8.42 Å². The Bertz CT molecular complexity index is 403. The van der Waals surface area contributed by atoms with Gasteiger partial charge in [-0.2, -0.15) is 13.1 Å². The Balaban J connectivity index is 2.68. The van der Waals surface area contributed by atoms with Crippen molar-refractivity contribution in [3.63, 3.8) is 0 Å². The third-order valence-electron chi connectivity index (χ3n) is 1.78. The molecule has 0 fully saturated rings. The van der Waals surface area contributed by atoms with E-state index in [0.29, 0.717) is 5.69 Å². The van der Waals surface area contributed by atoms with Crippen LogP contribution in [-0.4, -0.2) is 15.5 Å². The van der Waals surface area contributed by atoms with Gasteiger partial charge in [-0.1, -0.05) is 18.2 Å². The van der Waals surface area contributed by atoms with Gasteiger partial charge in [0.25, 0.3) is 10.2 Å². The first-order chi connectivity index (χ1) is 6.55. The molecule has 1 aromatic carbocycles. The van der Waals surface area contributed by atoms with Crippen LogP contribution in [0.3, 0.4) is 0 Å². The molecule has 4 N–H and O–H groups in total. The van der Waals surface area contributed by atoms with Crippen LogP contribution >= 0.6 is 0 Å². The standard InChI is InChI=1S/C8H13N3O2S/c1-10-14(12,13)11-6-7-4-2-3-5-8(7)9/h2-5,10-11H,6,9H2,1H3. The molecule has 0 saturated carbocycles. The summed E-state index contributed by atoms with van der Waals surface area (Å²) in [7, 11) is -2.05. The zero-order chi connectivity index (χ0) is 10.6. The summed E-state index contributed by atoms with van der Waals surface area (Å²) in [4.78, 5) is 0. The third-order valence-corrected chi connectivity index (χ3v) is 2.84. The molecule has 0 saturated heterocycles. The van der Waals surface area contributed by atoms with Crippen molar-refractivity contribution in [1.82, 2.24) is 9.44 Å². The van der Waals surface area contributed by atoms with Crippen LogP contribution in [0.5, 0.6) is 0 Å². The van der Waals surface area contributed by atoms with Crippen molar-refractivity contribution in [2.24, 2.45) is 0 Å². The Labute approximate surface area is 83.5 Å². The van der Waals surface area contributed by atoms with Crippen molar-refractivity contribution in [2.45, 2.75) is 6.54 Å². The van der Waals surface area contributed by atoms with Crippen LogP contribution in [0.1, 0.15) is 5.56 Å². The fraction of sp³-hybridized carbons (Fsp3) is 0.250. The van der Waals surface area contributed by atoms with Gasteiger partial charge >= 0.3 is 0 Å². The van der Waals surface area contributed by atoms with Crippen molar-refractivity contribution in [3.05, 3.63) is 29.8 Å². The second-order valence-corrected chi connectivity index (χ2v) is 4.43. The van der Waals surface area contributed by atoms with Crippen molar-refractivity contribution in [1.29, 1.82) is 0 Å². The second kappa shape index (κ2) is 4.41. The molecule has 0 amide bonds. The Morgan fingerprint density at radius 2 is 2.00 bits per heavy atom. The minimum atomic E-state index is -3.39. The third kappa shape index (κ3) is 2.99. The molecule has 6 heteroatoms. The number of nitrogens with two attached hydrogens (primary N) is 1. The largest absolute Gasteiger partial charge is 0.398 e. The topological polar surface area (TPSA) is 84.2 Å². The quantitative estimate of drug-likeness (QED) is 0.609. The van der Waals surface area contributed by atoms with E-state index in [4.69, 9.17) is 5.73 Å². The summed E-state index contributed by atoms with van der Waals surface area (Å²) in [6, 6.07) is 7.10. The summed E-state index contributed by atoms with van der Waals surface area (Å²) in [5.74, 6) is 0. The first-order valence-corrected chi connectivity index (χ1v) is 5.55.